The van der Waals surface area contributed by atoms with E-state index in [-0.39, 0.29) is 0 Å². The van der Waals surface area contributed by atoms with E-state index in [1.54, 1.807) is 14.2 Å². The number of rotatable bonds is 7. The number of anilines is 1. The van der Waals surface area contributed by atoms with Gasteiger partial charge in [-0.3, -0.25) is 0 Å². The summed E-state index contributed by atoms with van der Waals surface area (Å²) < 4.78 is 11.0. The second-order valence-corrected chi connectivity index (χ2v) is 8.64. The number of methoxy groups -OCH3 is 2. The molecule has 0 radical (unpaired) electrons. The zero-order chi connectivity index (χ0) is 21.8. The van der Waals surface area contributed by atoms with Crippen LogP contribution in [-0.4, -0.2) is 81.9 Å². The number of hydrogen-bond acceptors (Lipinski definition) is 6. The largest absolute Gasteiger partial charge is 0.497 e. The topological polar surface area (TPSA) is 41.1 Å². The van der Waals surface area contributed by atoms with Crippen molar-refractivity contribution in [3.05, 3.63) is 46.7 Å². The van der Waals surface area contributed by atoms with Gasteiger partial charge in [0.05, 0.1) is 14.2 Å². The van der Waals surface area contributed by atoms with Crippen LogP contribution in [0.5, 0.6) is 11.5 Å². The molecule has 0 bridgehead atoms. The SMILES string of the molecule is COc1cc(OC)cc(C2=Cc3cnc(Cl)cc3N(CCCN3CCN(C)CC3)C2)c1. The van der Waals surface area contributed by atoms with Crippen molar-refractivity contribution in [1.29, 1.82) is 0 Å². The fourth-order valence-electron chi connectivity index (χ4n) is 4.26. The van der Waals surface area contributed by atoms with Gasteiger partial charge in [-0.2, -0.15) is 0 Å². The summed E-state index contributed by atoms with van der Waals surface area (Å²) in [5, 5.41) is 0.530. The lowest BCUT2D eigenvalue weighted by Gasteiger charge is -2.34. The highest BCUT2D eigenvalue weighted by molar-refractivity contribution is 6.29. The van der Waals surface area contributed by atoms with Crippen molar-refractivity contribution in [2.75, 3.05) is 72.0 Å². The first-order chi connectivity index (χ1) is 15.1. The average Bonchev–Trinajstić information content (AvgIpc) is 2.80. The molecular weight excluding hydrogens is 412 g/mol. The summed E-state index contributed by atoms with van der Waals surface area (Å²) in [6, 6.07) is 8.00. The summed E-state index contributed by atoms with van der Waals surface area (Å²) in [5.74, 6) is 1.58. The zero-order valence-electron chi connectivity index (χ0n) is 18.6. The predicted molar refractivity (Wildman–Crippen MR) is 127 cm³/mol. The first-order valence-corrected chi connectivity index (χ1v) is 11.2. The Morgan fingerprint density at radius 1 is 0.968 bits per heavy atom. The van der Waals surface area contributed by atoms with Crippen LogP contribution < -0.4 is 14.4 Å². The Balaban J connectivity index is 1.53. The smallest absolute Gasteiger partial charge is 0.131 e. The molecular formula is C24H31ClN4O2. The highest BCUT2D eigenvalue weighted by atomic mass is 35.5. The predicted octanol–water partition coefficient (Wildman–Crippen LogP) is 3.75. The molecule has 7 heteroatoms. The summed E-state index contributed by atoms with van der Waals surface area (Å²) in [4.78, 5) is 11.7. The second kappa shape index (κ2) is 9.90. The molecule has 2 aliphatic rings. The molecule has 1 fully saturated rings. The van der Waals surface area contributed by atoms with E-state index in [4.69, 9.17) is 21.1 Å². The van der Waals surface area contributed by atoms with E-state index in [2.05, 4.69) is 44.9 Å². The van der Waals surface area contributed by atoms with E-state index in [1.807, 2.05) is 18.3 Å². The van der Waals surface area contributed by atoms with Crippen molar-refractivity contribution >= 4 is 28.9 Å². The summed E-state index contributed by atoms with van der Waals surface area (Å²) >= 11 is 6.24. The Kier molecular flexibility index (Phi) is 7.00. The first-order valence-electron chi connectivity index (χ1n) is 10.8. The molecule has 166 valence electrons. The van der Waals surface area contributed by atoms with Gasteiger partial charge in [0.25, 0.3) is 0 Å². The maximum absolute atomic E-state index is 6.24. The number of pyridine rings is 1. The van der Waals surface area contributed by atoms with E-state index >= 15 is 0 Å². The molecule has 0 N–H and O–H groups in total. The van der Waals surface area contributed by atoms with E-state index in [1.165, 1.54) is 5.57 Å². The Labute approximate surface area is 190 Å². The molecule has 2 aliphatic heterocycles. The van der Waals surface area contributed by atoms with Gasteiger partial charge >= 0.3 is 0 Å². The number of piperazine rings is 1. The maximum Gasteiger partial charge on any atom is 0.131 e. The lowest BCUT2D eigenvalue weighted by Crippen LogP contribution is -2.45. The van der Waals surface area contributed by atoms with E-state index in [0.29, 0.717) is 5.15 Å². The van der Waals surface area contributed by atoms with Gasteiger partial charge in [-0.1, -0.05) is 11.6 Å². The van der Waals surface area contributed by atoms with Crippen LogP contribution in [-0.2, 0) is 0 Å². The van der Waals surface area contributed by atoms with E-state index in [9.17, 15) is 0 Å². The molecule has 4 rings (SSSR count). The molecule has 1 aromatic heterocycles. The number of aromatic nitrogens is 1. The quantitative estimate of drug-likeness (QED) is 0.608. The van der Waals surface area contributed by atoms with Crippen LogP contribution in [0.15, 0.2) is 30.5 Å². The van der Waals surface area contributed by atoms with Gasteiger partial charge in [0, 0.05) is 62.8 Å². The lowest BCUT2D eigenvalue weighted by atomic mass is 9.97. The second-order valence-electron chi connectivity index (χ2n) is 8.26. The molecule has 0 saturated carbocycles. The van der Waals surface area contributed by atoms with Crippen molar-refractivity contribution < 1.29 is 9.47 Å². The minimum Gasteiger partial charge on any atom is -0.497 e. The highest BCUT2D eigenvalue weighted by Gasteiger charge is 2.21. The summed E-state index contributed by atoms with van der Waals surface area (Å²) in [7, 11) is 5.56. The van der Waals surface area contributed by atoms with Crippen molar-refractivity contribution in [3.63, 3.8) is 0 Å². The minimum atomic E-state index is 0.530. The Morgan fingerprint density at radius 2 is 1.68 bits per heavy atom. The van der Waals surface area contributed by atoms with Crippen LogP contribution in [0, 0.1) is 0 Å². The lowest BCUT2D eigenvalue weighted by molar-refractivity contribution is 0.153. The number of nitrogens with zero attached hydrogens (tertiary/aromatic N) is 4. The van der Waals surface area contributed by atoms with Gasteiger partial charge in [0.2, 0.25) is 0 Å². The van der Waals surface area contributed by atoms with Gasteiger partial charge in [-0.25, -0.2) is 4.98 Å². The third kappa shape index (κ3) is 5.32. The van der Waals surface area contributed by atoms with Crippen LogP contribution in [0.2, 0.25) is 5.15 Å². The highest BCUT2D eigenvalue weighted by Crippen LogP contribution is 2.36. The van der Waals surface area contributed by atoms with Crippen LogP contribution in [0.25, 0.3) is 11.6 Å². The maximum atomic E-state index is 6.24. The standard InChI is InChI=1S/C24H31ClN4O2/c1-27-7-9-28(10-8-27)5-4-6-29-17-20(11-19-16-26-24(25)15-23(19)29)18-12-21(30-2)14-22(13-18)31-3/h11-16H,4-10,17H2,1-3H3. The number of halogens is 1. The molecule has 6 nitrogen and oxygen atoms in total. The molecule has 0 amide bonds. The van der Waals surface area contributed by atoms with Gasteiger partial charge in [0.15, 0.2) is 0 Å². The third-order valence-electron chi connectivity index (χ3n) is 6.13. The van der Waals surface area contributed by atoms with Gasteiger partial charge in [-0.05, 0) is 55.4 Å². The average molecular weight is 443 g/mol. The normalized spacial score (nSPS) is 17.3. The van der Waals surface area contributed by atoms with Crippen LogP contribution in [0.4, 0.5) is 5.69 Å². The summed E-state index contributed by atoms with van der Waals surface area (Å²) in [5.41, 5.74) is 4.55. The van der Waals surface area contributed by atoms with Gasteiger partial charge in [-0.15, -0.1) is 0 Å². The van der Waals surface area contributed by atoms with Gasteiger partial charge < -0.3 is 24.2 Å². The fraction of sp³-hybridized carbons (Fsp3) is 0.458. The third-order valence-corrected chi connectivity index (χ3v) is 6.34. The molecule has 1 saturated heterocycles. The van der Waals surface area contributed by atoms with Crippen molar-refractivity contribution in [1.82, 2.24) is 14.8 Å². The fourth-order valence-corrected chi connectivity index (χ4v) is 4.42. The molecule has 0 spiro atoms. The van der Waals surface area contributed by atoms with Crippen molar-refractivity contribution in [2.45, 2.75) is 6.42 Å². The minimum absolute atomic E-state index is 0.530. The number of fused-ring (bicyclic) bond motifs is 1. The van der Waals surface area contributed by atoms with E-state index < -0.39 is 0 Å². The van der Waals surface area contributed by atoms with Crippen molar-refractivity contribution in [3.8, 4) is 11.5 Å². The van der Waals surface area contributed by atoms with Crippen LogP contribution in [0.3, 0.4) is 0 Å². The summed E-state index contributed by atoms with van der Waals surface area (Å²) in [6.07, 6.45) is 5.17. The number of ether oxygens (including phenoxy) is 2. The molecule has 1 aromatic carbocycles. The van der Waals surface area contributed by atoms with Gasteiger partial charge in [0.1, 0.15) is 16.7 Å². The van der Waals surface area contributed by atoms with Crippen LogP contribution >= 0.6 is 11.6 Å². The van der Waals surface area contributed by atoms with E-state index in [0.717, 1.165) is 80.5 Å². The first kappa shape index (κ1) is 21.9. The number of benzene rings is 1. The molecule has 0 aliphatic carbocycles. The zero-order valence-corrected chi connectivity index (χ0v) is 19.4. The number of hydrogen-bond donors (Lipinski definition) is 0. The molecule has 0 atom stereocenters. The molecule has 2 aromatic rings. The van der Waals surface area contributed by atoms with Crippen molar-refractivity contribution in [2.24, 2.45) is 0 Å². The Hall–Kier alpha value is -2.28. The Bertz CT molecular complexity index is 919. The Morgan fingerprint density at radius 3 is 2.35 bits per heavy atom. The monoisotopic (exact) mass is 442 g/mol. The molecule has 0 unspecified atom stereocenters. The summed E-state index contributed by atoms with van der Waals surface area (Å²) in [6.45, 7) is 7.50. The molecule has 31 heavy (non-hydrogen) atoms. The number of likely N-dealkylation sites (N-methyl/N-ethyl adjacent to an activating group) is 1. The molecule has 3 heterocycles. The van der Waals surface area contributed by atoms with Crippen LogP contribution in [0.1, 0.15) is 17.5 Å².